The van der Waals surface area contributed by atoms with E-state index in [9.17, 15) is 13.2 Å². The number of sulfone groups is 1. The summed E-state index contributed by atoms with van der Waals surface area (Å²) in [6.45, 7) is 3.80. The maximum Gasteiger partial charge on any atom is 0.303 e. The molecule has 5 heteroatoms. The molecule has 1 aliphatic rings. The summed E-state index contributed by atoms with van der Waals surface area (Å²) in [5, 5.41) is 9.09. The zero-order valence-corrected chi connectivity index (χ0v) is 12.8. The van der Waals surface area contributed by atoms with Crippen LogP contribution in [-0.2, 0) is 14.6 Å². The summed E-state index contributed by atoms with van der Waals surface area (Å²) >= 11 is 0. The molecule has 0 radical (unpaired) electrons. The van der Waals surface area contributed by atoms with Gasteiger partial charge in [0.15, 0.2) is 9.84 Å². The minimum atomic E-state index is -3.35. The Morgan fingerprint density at radius 3 is 2.30 bits per heavy atom. The highest BCUT2D eigenvalue weighted by Gasteiger charge is 2.36. The zero-order valence-electron chi connectivity index (χ0n) is 12.0. The molecule has 110 valence electrons. The fourth-order valence-electron chi connectivity index (χ4n) is 2.64. The van der Waals surface area contributed by atoms with Crippen LogP contribution in [0.2, 0.25) is 0 Å². The molecule has 1 atom stereocenters. The third kappa shape index (κ3) is 3.20. The van der Waals surface area contributed by atoms with E-state index in [1.54, 1.807) is 6.07 Å². The van der Waals surface area contributed by atoms with Gasteiger partial charge in [-0.2, -0.15) is 0 Å². The summed E-state index contributed by atoms with van der Waals surface area (Å²) in [5.41, 5.74) is 2.60. The molecule has 0 bridgehead atoms. The number of hydrogen-bond donors (Lipinski definition) is 1. The van der Waals surface area contributed by atoms with Gasteiger partial charge in [-0.3, -0.25) is 4.79 Å². The molecule has 1 N–H and O–H groups in total. The van der Waals surface area contributed by atoms with Crippen molar-refractivity contribution in [2.45, 2.75) is 43.9 Å². The Balaban J connectivity index is 2.58. The summed E-state index contributed by atoms with van der Waals surface area (Å²) in [4.78, 5) is 11.4. The van der Waals surface area contributed by atoms with E-state index < -0.39 is 15.8 Å². The molecule has 0 aliphatic heterocycles. The minimum absolute atomic E-state index is 0.00428. The van der Waals surface area contributed by atoms with Crippen LogP contribution in [0.1, 0.15) is 41.9 Å². The Kier molecular flexibility index (Phi) is 3.91. The summed E-state index contributed by atoms with van der Waals surface area (Å²) in [7, 11) is -3.35. The van der Waals surface area contributed by atoms with Gasteiger partial charge >= 0.3 is 5.97 Å². The maximum atomic E-state index is 12.0. The molecule has 1 fully saturated rings. The van der Waals surface area contributed by atoms with Crippen LogP contribution in [0.5, 0.6) is 0 Å². The van der Waals surface area contributed by atoms with Crippen LogP contribution < -0.4 is 0 Å². The second-order valence-electron chi connectivity index (χ2n) is 5.79. The minimum Gasteiger partial charge on any atom is -0.481 e. The van der Waals surface area contributed by atoms with Gasteiger partial charge in [-0.15, -0.1) is 0 Å². The molecule has 0 amide bonds. The number of aryl methyl sites for hydroxylation is 2. The highest BCUT2D eigenvalue weighted by molar-refractivity contribution is 7.90. The molecule has 4 nitrogen and oxygen atoms in total. The van der Waals surface area contributed by atoms with Gasteiger partial charge in [0, 0.05) is 6.26 Å². The fourth-order valence-corrected chi connectivity index (χ4v) is 3.67. The van der Waals surface area contributed by atoms with Crippen molar-refractivity contribution in [3.63, 3.8) is 0 Å². The van der Waals surface area contributed by atoms with Crippen molar-refractivity contribution in [2.75, 3.05) is 6.26 Å². The van der Waals surface area contributed by atoms with E-state index in [1.165, 1.54) is 6.26 Å². The molecular weight excluding hydrogens is 276 g/mol. The SMILES string of the molecule is Cc1cc(C(CC(=O)O)C2CC2)c(S(C)(=O)=O)cc1C. The third-order valence-electron chi connectivity index (χ3n) is 4.01. The molecule has 20 heavy (non-hydrogen) atoms. The third-order valence-corrected chi connectivity index (χ3v) is 5.16. The first-order valence-corrected chi connectivity index (χ1v) is 8.62. The second kappa shape index (κ2) is 5.20. The second-order valence-corrected chi connectivity index (χ2v) is 7.77. The zero-order chi connectivity index (χ0) is 15.1. The van der Waals surface area contributed by atoms with Gasteiger partial charge < -0.3 is 5.11 Å². The van der Waals surface area contributed by atoms with Crippen LogP contribution in [0.25, 0.3) is 0 Å². The molecule has 1 aromatic carbocycles. The van der Waals surface area contributed by atoms with Crippen LogP contribution in [0.4, 0.5) is 0 Å². The number of aliphatic carboxylic acids is 1. The lowest BCUT2D eigenvalue weighted by atomic mass is 9.89. The lowest BCUT2D eigenvalue weighted by molar-refractivity contribution is -0.137. The predicted molar refractivity (Wildman–Crippen MR) is 76.7 cm³/mol. The lowest BCUT2D eigenvalue weighted by Crippen LogP contribution is -2.13. The van der Waals surface area contributed by atoms with Gasteiger partial charge in [0.2, 0.25) is 0 Å². The first-order chi connectivity index (χ1) is 9.20. The van der Waals surface area contributed by atoms with Crippen molar-refractivity contribution in [3.05, 3.63) is 28.8 Å². The Morgan fingerprint density at radius 2 is 1.85 bits per heavy atom. The number of carboxylic acids is 1. The van der Waals surface area contributed by atoms with Gasteiger partial charge in [-0.25, -0.2) is 8.42 Å². The smallest absolute Gasteiger partial charge is 0.303 e. The molecule has 1 unspecified atom stereocenters. The van der Waals surface area contributed by atoms with E-state index in [-0.39, 0.29) is 12.3 Å². The first-order valence-electron chi connectivity index (χ1n) is 6.73. The van der Waals surface area contributed by atoms with Gasteiger partial charge in [0.1, 0.15) is 0 Å². The van der Waals surface area contributed by atoms with Crippen molar-refractivity contribution in [2.24, 2.45) is 5.92 Å². The Labute approximate surface area is 119 Å². The number of hydrogen-bond acceptors (Lipinski definition) is 3. The standard InChI is InChI=1S/C15H20O4S/c1-9-6-13(12(8-15(16)17)11-4-5-11)14(7-10(9)2)20(3,18)19/h6-7,11-12H,4-5,8H2,1-3H3,(H,16,17). The van der Waals surface area contributed by atoms with Crippen molar-refractivity contribution < 1.29 is 18.3 Å². The van der Waals surface area contributed by atoms with E-state index in [1.807, 2.05) is 19.9 Å². The molecule has 1 saturated carbocycles. The van der Waals surface area contributed by atoms with E-state index in [0.29, 0.717) is 16.4 Å². The van der Waals surface area contributed by atoms with E-state index in [4.69, 9.17) is 5.11 Å². The van der Waals surface area contributed by atoms with Crippen LogP contribution in [0, 0.1) is 19.8 Å². The highest BCUT2D eigenvalue weighted by atomic mass is 32.2. The Morgan fingerprint density at radius 1 is 1.30 bits per heavy atom. The van der Waals surface area contributed by atoms with Crippen LogP contribution in [0.3, 0.4) is 0 Å². The van der Waals surface area contributed by atoms with Gasteiger partial charge in [-0.05, 0) is 61.3 Å². The number of rotatable bonds is 5. The molecule has 1 aliphatic carbocycles. The predicted octanol–water partition coefficient (Wildman–Crippen LogP) is 2.68. The van der Waals surface area contributed by atoms with Crippen LogP contribution >= 0.6 is 0 Å². The summed E-state index contributed by atoms with van der Waals surface area (Å²) in [6.07, 6.45) is 3.14. The maximum absolute atomic E-state index is 12.0. The average molecular weight is 296 g/mol. The van der Waals surface area contributed by atoms with E-state index in [2.05, 4.69) is 0 Å². The van der Waals surface area contributed by atoms with Gasteiger partial charge in [0.25, 0.3) is 0 Å². The average Bonchev–Trinajstić information content (AvgIpc) is 3.11. The van der Waals surface area contributed by atoms with E-state index in [0.717, 1.165) is 24.0 Å². The molecule has 1 aromatic rings. The largest absolute Gasteiger partial charge is 0.481 e. The Bertz CT molecular complexity index is 642. The lowest BCUT2D eigenvalue weighted by Gasteiger charge is -2.19. The van der Waals surface area contributed by atoms with Gasteiger partial charge in [-0.1, -0.05) is 6.07 Å². The van der Waals surface area contributed by atoms with Crippen LogP contribution in [-0.4, -0.2) is 25.7 Å². The quantitative estimate of drug-likeness (QED) is 0.906. The van der Waals surface area contributed by atoms with Crippen molar-refractivity contribution in [3.8, 4) is 0 Å². The molecular formula is C15H20O4S. The Hall–Kier alpha value is -1.36. The molecule has 0 aromatic heterocycles. The summed E-state index contributed by atoms with van der Waals surface area (Å²) in [5.74, 6) is -0.773. The summed E-state index contributed by atoms with van der Waals surface area (Å²) < 4.78 is 24.0. The molecule has 0 heterocycles. The number of carbonyl (C=O) groups is 1. The van der Waals surface area contributed by atoms with Crippen molar-refractivity contribution in [1.29, 1.82) is 0 Å². The molecule has 0 saturated heterocycles. The van der Waals surface area contributed by atoms with Crippen molar-refractivity contribution in [1.82, 2.24) is 0 Å². The normalized spacial score (nSPS) is 16.9. The molecule has 2 rings (SSSR count). The first kappa shape index (κ1) is 15.0. The van der Waals surface area contributed by atoms with Gasteiger partial charge in [0.05, 0.1) is 11.3 Å². The molecule has 0 spiro atoms. The number of carboxylic acid groups (broad SMARTS) is 1. The fraction of sp³-hybridized carbons (Fsp3) is 0.533. The van der Waals surface area contributed by atoms with Crippen molar-refractivity contribution >= 4 is 15.8 Å². The highest BCUT2D eigenvalue weighted by Crippen LogP contribution is 2.46. The topological polar surface area (TPSA) is 71.4 Å². The van der Waals surface area contributed by atoms with E-state index >= 15 is 0 Å². The monoisotopic (exact) mass is 296 g/mol. The van der Waals surface area contributed by atoms with Crippen LogP contribution in [0.15, 0.2) is 17.0 Å². The summed E-state index contributed by atoms with van der Waals surface area (Å²) in [6, 6.07) is 3.54. The number of benzene rings is 1.